The van der Waals surface area contributed by atoms with E-state index < -0.39 is 0 Å². The van der Waals surface area contributed by atoms with Crippen molar-refractivity contribution >= 4 is 11.7 Å². The van der Waals surface area contributed by atoms with Crippen LogP contribution >= 0.6 is 0 Å². The van der Waals surface area contributed by atoms with E-state index in [0.29, 0.717) is 23.1 Å². The number of nitrogens with zero attached hydrogens (tertiary/aromatic N) is 2. The van der Waals surface area contributed by atoms with Crippen LogP contribution in [-0.2, 0) is 0 Å². The number of anilines is 1. The maximum atomic E-state index is 12.4. The van der Waals surface area contributed by atoms with Gasteiger partial charge in [-0.25, -0.2) is 4.79 Å². The van der Waals surface area contributed by atoms with E-state index in [1.807, 2.05) is 11.0 Å². The van der Waals surface area contributed by atoms with E-state index in [1.165, 1.54) is 0 Å². The molecule has 0 spiro atoms. The van der Waals surface area contributed by atoms with Crippen LogP contribution in [0.4, 0.5) is 10.5 Å². The molecule has 23 heavy (non-hydrogen) atoms. The highest BCUT2D eigenvalue weighted by Crippen LogP contribution is 2.29. The van der Waals surface area contributed by atoms with E-state index in [9.17, 15) is 4.79 Å². The van der Waals surface area contributed by atoms with E-state index in [4.69, 9.17) is 9.47 Å². The summed E-state index contributed by atoms with van der Waals surface area (Å²) in [5, 5.41) is 2.93. The smallest absolute Gasteiger partial charge is 0.321 e. The first-order valence-electron chi connectivity index (χ1n) is 8.03. The molecule has 0 bridgehead atoms. The Balaban J connectivity index is 1.90. The monoisotopic (exact) mass is 321 g/mol. The Morgan fingerprint density at radius 1 is 1.13 bits per heavy atom. The molecular weight excluding hydrogens is 294 g/mol. The Hall–Kier alpha value is -1.95. The normalized spacial score (nSPS) is 15.6. The lowest BCUT2D eigenvalue weighted by Gasteiger charge is -2.35. The minimum Gasteiger partial charge on any atom is -0.493 e. The van der Waals surface area contributed by atoms with Crippen LogP contribution in [0.5, 0.6) is 11.5 Å². The Morgan fingerprint density at radius 3 is 2.35 bits per heavy atom. The van der Waals surface area contributed by atoms with E-state index in [-0.39, 0.29) is 6.03 Å². The van der Waals surface area contributed by atoms with Gasteiger partial charge in [0.15, 0.2) is 11.5 Å². The van der Waals surface area contributed by atoms with Crippen molar-refractivity contribution < 1.29 is 14.3 Å². The average Bonchev–Trinajstić information content (AvgIpc) is 2.54. The number of hydrogen-bond acceptors (Lipinski definition) is 4. The van der Waals surface area contributed by atoms with Crippen LogP contribution in [0, 0.1) is 5.92 Å². The van der Waals surface area contributed by atoms with E-state index in [1.54, 1.807) is 26.4 Å². The van der Waals surface area contributed by atoms with Crippen LogP contribution in [-0.4, -0.2) is 62.8 Å². The number of benzene rings is 1. The van der Waals surface area contributed by atoms with Gasteiger partial charge in [0.2, 0.25) is 0 Å². The number of carbonyl (C=O) groups excluding carboxylic acids is 1. The lowest BCUT2D eigenvalue weighted by Crippen LogP contribution is -2.50. The topological polar surface area (TPSA) is 54.0 Å². The number of piperazine rings is 1. The van der Waals surface area contributed by atoms with Gasteiger partial charge in [0.25, 0.3) is 0 Å². The molecule has 1 aliphatic rings. The van der Waals surface area contributed by atoms with Crippen molar-refractivity contribution in [2.75, 3.05) is 52.3 Å². The number of carbonyl (C=O) groups is 1. The maximum absolute atomic E-state index is 12.4. The van der Waals surface area contributed by atoms with Gasteiger partial charge >= 0.3 is 6.03 Å². The summed E-state index contributed by atoms with van der Waals surface area (Å²) in [4.78, 5) is 16.6. The first kappa shape index (κ1) is 17.4. The van der Waals surface area contributed by atoms with Gasteiger partial charge in [-0.3, -0.25) is 4.90 Å². The van der Waals surface area contributed by atoms with Crippen LogP contribution in [0.15, 0.2) is 18.2 Å². The third kappa shape index (κ3) is 4.76. The van der Waals surface area contributed by atoms with Gasteiger partial charge in [0.1, 0.15) is 0 Å². The largest absolute Gasteiger partial charge is 0.493 e. The predicted molar refractivity (Wildman–Crippen MR) is 91.4 cm³/mol. The summed E-state index contributed by atoms with van der Waals surface area (Å²) in [6.07, 6.45) is 0. The molecule has 1 aromatic rings. The van der Waals surface area contributed by atoms with Crippen LogP contribution in [0.1, 0.15) is 13.8 Å². The lowest BCUT2D eigenvalue weighted by molar-refractivity contribution is 0.138. The van der Waals surface area contributed by atoms with Gasteiger partial charge in [0.05, 0.1) is 14.2 Å². The van der Waals surface area contributed by atoms with Crippen LogP contribution in [0.3, 0.4) is 0 Å². The fraction of sp³-hybridized carbons (Fsp3) is 0.588. The van der Waals surface area contributed by atoms with Crippen molar-refractivity contribution in [3.05, 3.63) is 18.2 Å². The van der Waals surface area contributed by atoms with Gasteiger partial charge in [-0.1, -0.05) is 13.8 Å². The molecule has 6 nitrogen and oxygen atoms in total. The Labute approximate surface area is 138 Å². The predicted octanol–water partition coefficient (Wildman–Crippen LogP) is 2.51. The highest BCUT2D eigenvalue weighted by molar-refractivity contribution is 5.89. The molecule has 0 aliphatic carbocycles. The molecule has 128 valence electrons. The zero-order valence-corrected chi connectivity index (χ0v) is 14.5. The van der Waals surface area contributed by atoms with Gasteiger partial charge in [-0.15, -0.1) is 0 Å². The summed E-state index contributed by atoms with van der Waals surface area (Å²) >= 11 is 0. The molecule has 2 rings (SSSR count). The molecular formula is C17H27N3O3. The molecule has 1 heterocycles. The van der Waals surface area contributed by atoms with Gasteiger partial charge in [-0.05, 0) is 18.1 Å². The van der Waals surface area contributed by atoms with Crippen molar-refractivity contribution in [2.24, 2.45) is 5.92 Å². The molecule has 1 saturated heterocycles. The number of amides is 2. The van der Waals surface area contributed by atoms with Crippen molar-refractivity contribution in [1.82, 2.24) is 9.80 Å². The van der Waals surface area contributed by atoms with Crippen LogP contribution < -0.4 is 14.8 Å². The molecule has 1 N–H and O–H groups in total. The van der Waals surface area contributed by atoms with Crippen molar-refractivity contribution in [3.8, 4) is 11.5 Å². The zero-order valence-electron chi connectivity index (χ0n) is 14.5. The summed E-state index contributed by atoms with van der Waals surface area (Å²) in [5.41, 5.74) is 0.706. The summed E-state index contributed by atoms with van der Waals surface area (Å²) in [7, 11) is 3.17. The quantitative estimate of drug-likeness (QED) is 0.905. The molecule has 1 aromatic carbocycles. The molecule has 0 saturated carbocycles. The molecule has 1 aliphatic heterocycles. The number of urea groups is 1. The first-order chi connectivity index (χ1) is 11.0. The van der Waals surface area contributed by atoms with E-state index in [0.717, 1.165) is 32.7 Å². The highest BCUT2D eigenvalue weighted by atomic mass is 16.5. The molecule has 2 amide bonds. The second kappa shape index (κ2) is 8.06. The van der Waals surface area contributed by atoms with Crippen molar-refractivity contribution in [3.63, 3.8) is 0 Å². The molecule has 0 atom stereocenters. The number of methoxy groups -OCH3 is 2. The Kier molecular flexibility index (Phi) is 6.10. The van der Waals surface area contributed by atoms with Crippen molar-refractivity contribution in [1.29, 1.82) is 0 Å². The summed E-state index contributed by atoms with van der Waals surface area (Å²) in [5.74, 6) is 1.90. The Morgan fingerprint density at radius 2 is 1.78 bits per heavy atom. The second-order valence-electron chi connectivity index (χ2n) is 6.18. The Bertz CT molecular complexity index is 526. The lowest BCUT2D eigenvalue weighted by atomic mass is 10.2. The fourth-order valence-corrected chi connectivity index (χ4v) is 2.77. The molecule has 6 heteroatoms. The highest BCUT2D eigenvalue weighted by Gasteiger charge is 2.21. The minimum atomic E-state index is -0.0681. The SMILES string of the molecule is COc1ccc(NC(=O)N2CCN(CC(C)C)CC2)cc1OC. The molecule has 1 fully saturated rings. The summed E-state index contributed by atoms with van der Waals surface area (Å²) in [6, 6.07) is 5.30. The summed E-state index contributed by atoms with van der Waals surface area (Å²) < 4.78 is 10.5. The number of nitrogens with one attached hydrogen (secondary N) is 1. The fourth-order valence-electron chi connectivity index (χ4n) is 2.77. The molecule has 0 unspecified atom stereocenters. The number of ether oxygens (including phenoxy) is 2. The zero-order chi connectivity index (χ0) is 16.8. The third-order valence-electron chi connectivity index (χ3n) is 3.92. The standard InChI is InChI=1S/C17H27N3O3/c1-13(2)12-19-7-9-20(10-8-19)17(21)18-14-5-6-15(22-3)16(11-14)23-4/h5-6,11,13H,7-10,12H2,1-4H3,(H,18,21). The third-order valence-corrected chi connectivity index (χ3v) is 3.92. The molecule has 0 radical (unpaired) electrons. The van der Waals surface area contributed by atoms with Gasteiger partial charge in [-0.2, -0.15) is 0 Å². The van der Waals surface area contributed by atoms with E-state index in [2.05, 4.69) is 24.1 Å². The minimum absolute atomic E-state index is 0.0681. The van der Waals surface area contributed by atoms with Gasteiger partial charge < -0.3 is 19.7 Å². The van der Waals surface area contributed by atoms with Crippen LogP contribution in [0.25, 0.3) is 0 Å². The maximum Gasteiger partial charge on any atom is 0.321 e. The van der Waals surface area contributed by atoms with Crippen molar-refractivity contribution in [2.45, 2.75) is 13.8 Å². The first-order valence-corrected chi connectivity index (χ1v) is 8.03. The number of rotatable bonds is 5. The number of hydrogen-bond donors (Lipinski definition) is 1. The van der Waals surface area contributed by atoms with Gasteiger partial charge in [0, 0.05) is 44.5 Å². The molecule has 0 aromatic heterocycles. The second-order valence-corrected chi connectivity index (χ2v) is 6.18. The average molecular weight is 321 g/mol. The summed E-state index contributed by atoms with van der Waals surface area (Å²) in [6.45, 7) is 8.89. The van der Waals surface area contributed by atoms with E-state index >= 15 is 0 Å². The van der Waals surface area contributed by atoms with Crippen LogP contribution in [0.2, 0.25) is 0 Å².